The molecule has 84 valence electrons. The average molecular weight is 208 g/mol. The Kier molecular flexibility index (Phi) is 4.40. The van der Waals surface area contributed by atoms with Gasteiger partial charge in [-0.05, 0) is 37.3 Å². The molecule has 1 aromatic rings. The number of aryl methyl sites for hydroxylation is 1. The van der Waals surface area contributed by atoms with E-state index in [4.69, 9.17) is 10.5 Å². The van der Waals surface area contributed by atoms with Crippen molar-refractivity contribution in [3.63, 3.8) is 0 Å². The Morgan fingerprint density at radius 3 is 2.80 bits per heavy atom. The highest BCUT2D eigenvalue weighted by molar-refractivity contribution is 5.49. The lowest BCUT2D eigenvalue weighted by atomic mass is 10.1. The molecule has 15 heavy (non-hydrogen) atoms. The molecule has 3 nitrogen and oxygen atoms in total. The molecular weight excluding hydrogens is 188 g/mol. The van der Waals surface area contributed by atoms with Crippen molar-refractivity contribution in [2.75, 3.05) is 12.3 Å². The van der Waals surface area contributed by atoms with Gasteiger partial charge in [0.1, 0.15) is 0 Å². The smallest absolute Gasteiger partial charge is 0.237 e. The second-order valence-corrected chi connectivity index (χ2v) is 4.29. The first-order valence-electron chi connectivity index (χ1n) is 5.44. The van der Waals surface area contributed by atoms with Gasteiger partial charge >= 0.3 is 0 Å². The van der Waals surface area contributed by atoms with Crippen LogP contribution in [-0.4, -0.2) is 11.6 Å². The number of anilines is 1. The van der Waals surface area contributed by atoms with Crippen LogP contribution in [0.1, 0.15) is 32.3 Å². The third kappa shape index (κ3) is 4.19. The van der Waals surface area contributed by atoms with Crippen LogP contribution in [0.5, 0.6) is 5.88 Å². The highest BCUT2D eigenvalue weighted by atomic mass is 16.5. The van der Waals surface area contributed by atoms with Gasteiger partial charge in [0, 0.05) is 6.20 Å². The van der Waals surface area contributed by atoms with Gasteiger partial charge in [0.25, 0.3) is 0 Å². The summed E-state index contributed by atoms with van der Waals surface area (Å²) in [7, 11) is 0. The fourth-order valence-electron chi connectivity index (χ4n) is 1.36. The van der Waals surface area contributed by atoms with Gasteiger partial charge in [-0.2, -0.15) is 0 Å². The highest BCUT2D eigenvalue weighted by Gasteiger charge is 2.02. The van der Waals surface area contributed by atoms with Crippen molar-refractivity contribution in [3.05, 3.63) is 17.8 Å². The number of nitrogen functional groups attached to an aromatic ring is 1. The summed E-state index contributed by atoms with van der Waals surface area (Å²) in [5, 5.41) is 0. The molecule has 0 aliphatic carbocycles. The molecule has 0 spiro atoms. The van der Waals surface area contributed by atoms with Crippen LogP contribution in [0.25, 0.3) is 0 Å². The molecule has 0 amide bonds. The van der Waals surface area contributed by atoms with E-state index >= 15 is 0 Å². The minimum atomic E-state index is 0.560. The molecule has 2 N–H and O–H groups in total. The summed E-state index contributed by atoms with van der Waals surface area (Å²) in [5.41, 5.74) is 7.46. The lowest BCUT2D eigenvalue weighted by molar-refractivity contribution is 0.289. The first-order valence-corrected chi connectivity index (χ1v) is 5.44. The fraction of sp³-hybridized carbons (Fsp3) is 0.583. The number of aromatic nitrogens is 1. The van der Waals surface area contributed by atoms with Crippen molar-refractivity contribution in [1.29, 1.82) is 0 Å². The van der Waals surface area contributed by atoms with Gasteiger partial charge < -0.3 is 10.5 Å². The van der Waals surface area contributed by atoms with Crippen molar-refractivity contribution in [3.8, 4) is 5.88 Å². The van der Waals surface area contributed by atoms with Crippen molar-refractivity contribution >= 4 is 5.69 Å². The monoisotopic (exact) mass is 208 g/mol. The van der Waals surface area contributed by atoms with Crippen LogP contribution >= 0.6 is 0 Å². The molecule has 1 aromatic heterocycles. The lowest BCUT2D eigenvalue weighted by Crippen LogP contribution is -2.03. The van der Waals surface area contributed by atoms with Crippen LogP contribution < -0.4 is 10.5 Å². The molecule has 1 rings (SSSR count). The molecule has 0 aliphatic rings. The molecule has 0 aromatic carbocycles. The van der Waals surface area contributed by atoms with Crippen LogP contribution in [0.15, 0.2) is 12.3 Å². The summed E-state index contributed by atoms with van der Waals surface area (Å²) >= 11 is 0. The Hall–Kier alpha value is -1.25. The van der Waals surface area contributed by atoms with E-state index in [9.17, 15) is 0 Å². The number of nitrogens with two attached hydrogens (primary N) is 1. The van der Waals surface area contributed by atoms with Gasteiger partial charge in [0.15, 0.2) is 0 Å². The molecule has 0 bridgehead atoms. The molecule has 0 saturated carbocycles. The number of ether oxygens (including phenoxy) is 1. The average Bonchev–Trinajstić information content (AvgIpc) is 2.14. The summed E-state index contributed by atoms with van der Waals surface area (Å²) < 4.78 is 5.51. The van der Waals surface area contributed by atoms with Crippen molar-refractivity contribution in [2.45, 2.75) is 33.6 Å². The third-order valence-electron chi connectivity index (χ3n) is 2.18. The summed E-state index contributed by atoms with van der Waals surface area (Å²) in [6.07, 6.45) is 3.99. The third-order valence-corrected chi connectivity index (χ3v) is 2.18. The van der Waals surface area contributed by atoms with Gasteiger partial charge in [0.05, 0.1) is 12.3 Å². The van der Waals surface area contributed by atoms with E-state index in [1.807, 2.05) is 13.0 Å². The molecule has 0 fully saturated rings. The summed E-state index contributed by atoms with van der Waals surface area (Å²) in [5.74, 6) is 1.28. The molecule has 3 heteroatoms. The number of rotatable bonds is 5. The van der Waals surface area contributed by atoms with E-state index in [2.05, 4.69) is 18.8 Å². The minimum absolute atomic E-state index is 0.560. The predicted octanol–water partition coefficient (Wildman–Crippen LogP) is 2.79. The standard InChI is InChI=1S/C12H20N2O/c1-9(2)5-4-6-15-12-11(13)7-10(3)8-14-12/h7-9H,4-6,13H2,1-3H3. The molecule has 0 aliphatic heterocycles. The van der Waals surface area contributed by atoms with E-state index in [1.54, 1.807) is 6.20 Å². The molecular formula is C12H20N2O. The molecule has 0 unspecified atom stereocenters. The van der Waals surface area contributed by atoms with Gasteiger partial charge in [-0.1, -0.05) is 13.8 Å². The second-order valence-electron chi connectivity index (χ2n) is 4.29. The van der Waals surface area contributed by atoms with Crippen LogP contribution in [-0.2, 0) is 0 Å². The zero-order valence-corrected chi connectivity index (χ0v) is 9.79. The quantitative estimate of drug-likeness (QED) is 0.757. The number of pyridine rings is 1. The van der Waals surface area contributed by atoms with Crippen molar-refractivity contribution < 1.29 is 4.74 Å². The highest BCUT2D eigenvalue weighted by Crippen LogP contribution is 2.18. The first kappa shape index (κ1) is 11.8. The number of nitrogens with zero attached hydrogens (tertiary/aromatic N) is 1. The summed E-state index contributed by atoms with van der Waals surface area (Å²) in [6, 6.07) is 1.88. The Morgan fingerprint density at radius 1 is 1.47 bits per heavy atom. The van der Waals surface area contributed by atoms with Gasteiger partial charge in [0.2, 0.25) is 5.88 Å². The SMILES string of the molecule is Cc1cnc(OCCCC(C)C)c(N)c1. The molecule has 0 saturated heterocycles. The fourth-order valence-corrected chi connectivity index (χ4v) is 1.36. The summed E-state index contributed by atoms with van der Waals surface area (Å²) in [4.78, 5) is 4.15. The van der Waals surface area contributed by atoms with Crippen molar-refractivity contribution in [1.82, 2.24) is 4.98 Å². The van der Waals surface area contributed by atoms with Gasteiger partial charge in [-0.3, -0.25) is 0 Å². The van der Waals surface area contributed by atoms with Gasteiger partial charge in [-0.25, -0.2) is 4.98 Å². The zero-order valence-electron chi connectivity index (χ0n) is 9.79. The first-order chi connectivity index (χ1) is 7.09. The van der Waals surface area contributed by atoms with Crippen molar-refractivity contribution in [2.24, 2.45) is 5.92 Å². The second kappa shape index (κ2) is 5.59. The Labute approximate surface area is 91.7 Å². The van der Waals surface area contributed by atoms with Crippen LogP contribution in [0.2, 0.25) is 0 Å². The maximum absolute atomic E-state index is 5.78. The van der Waals surface area contributed by atoms with E-state index in [1.165, 1.54) is 6.42 Å². The minimum Gasteiger partial charge on any atom is -0.476 e. The normalized spacial score (nSPS) is 10.7. The van der Waals surface area contributed by atoms with Crippen LogP contribution in [0.4, 0.5) is 5.69 Å². The number of hydrogen-bond donors (Lipinski definition) is 1. The maximum atomic E-state index is 5.78. The molecule has 1 heterocycles. The Morgan fingerprint density at radius 2 is 2.20 bits per heavy atom. The van der Waals surface area contributed by atoms with E-state index < -0.39 is 0 Å². The predicted molar refractivity (Wildman–Crippen MR) is 63.0 cm³/mol. The summed E-state index contributed by atoms with van der Waals surface area (Å²) in [6.45, 7) is 7.07. The van der Waals surface area contributed by atoms with Crippen LogP contribution in [0, 0.1) is 12.8 Å². The number of hydrogen-bond acceptors (Lipinski definition) is 3. The zero-order chi connectivity index (χ0) is 11.3. The van der Waals surface area contributed by atoms with E-state index in [0.29, 0.717) is 18.2 Å². The Balaban J connectivity index is 2.37. The lowest BCUT2D eigenvalue weighted by Gasteiger charge is -2.08. The maximum Gasteiger partial charge on any atom is 0.237 e. The topological polar surface area (TPSA) is 48.1 Å². The molecule has 0 atom stereocenters. The van der Waals surface area contributed by atoms with E-state index in [-0.39, 0.29) is 0 Å². The van der Waals surface area contributed by atoms with E-state index in [0.717, 1.165) is 17.9 Å². The van der Waals surface area contributed by atoms with Gasteiger partial charge in [-0.15, -0.1) is 0 Å². The Bertz CT molecular complexity index is 310. The molecule has 0 radical (unpaired) electrons. The van der Waals surface area contributed by atoms with Crippen LogP contribution in [0.3, 0.4) is 0 Å². The largest absolute Gasteiger partial charge is 0.476 e.